The van der Waals surface area contributed by atoms with Gasteiger partial charge in [0.05, 0.1) is 0 Å². The molecule has 0 fully saturated rings. The molecule has 3 heteroatoms. The van der Waals surface area contributed by atoms with Gasteiger partial charge in [0.1, 0.15) is 5.76 Å². The van der Waals surface area contributed by atoms with Crippen molar-refractivity contribution in [3.8, 4) is 0 Å². The molecule has 0 bridgehead atoms. The molecule has 1 atom stereocenters. The van der Waals surface area contributed by atoms with E-state index in [-0.39, 0.29) is 0 Å². The smallest absolute Gasteiger partial charge is 0.167 e. The van der Waals surface area contributed by atoms with Gasteiger partial charge >= 0.3 is 0 Å². The van der Waals surface area contributed by atoms with E-state index in [1.54, 1.807) is 0 Å². The Morgan fingerprint density at radius 3 is 3.00 bits per heavy atom. The van der Waals surface area contributed by atoms with Gasteiger partial charge in [-0.25, -0.2) is 0 Å². The van der Waals surface area contributed by atoms with E-state index in [4.69, 9.17) is 10.3 Å². The second kappa shape index (κ2) is 3.01. The van der Waals surface area contributed by atoms with E-state index in [1.807, 2.05) is 6.07 Å². The van der Waals surface area contributed by atoms with Crippen LogP contribution in [0.1, 0.15) is 30.9 Å². The van der Waals surface area contributed by atoms with Crippen molar-refractivity contribution in [2.75, 3.05) is 5.73 Å². The van der Waals surface area contributed by atoms with Crippen molar-refractivity contribution in [3.63, 3.8) is 0 Å². The zero-order valence-electron chi connectivity index (χ0n) is 6.86. The average molecular weight is 164 g/mol. The summed E-state index contributed by atoms with van der Waals surface area (Å²) in [5.74, 6) is 1.90. The summed E-state index contributed by atoms with van der Waals surface area (Å²) in [5.41, 5.74) is 5.46. The summed E-state index contributed by atoms with van der Waals surface area (Å²) in [5, 5.41) is 3.67. The van der Waals surface area contributed by atoms with Gasteiger partial charge in [-0.1, -0.05) is 17.3 Å². The molecule has 0 aromatic carbocycles. The second-order valence-electron chi connectivity index (χ2n) is 3.14. The summed E-state index contributed by atoms with van der Waals surface area (Å²) in [6, 6.07) is 1.82. The van der Waals surface area contributed by atoms with Crippen LogP contribution in [-0.4, -0.2) is 5.16 Å². The molecule has 2 N–H and O–H groups in total. The normalized spacial score (nSPS) is 22.8. The summed E-state index contributed by atoms with van der Waals surface area (Å²) < 4.78 is 5.09. The van der Waals surface area contributed by atoms with Gasteiger partial charge in [0.25, 0.3) is 0 Å². The maximum Gasteiger partial charge on any atom is 0.167 e. The van der Waals surface area contributed by atoms with Crippen LogP contribution in [0.2, 0.25) is 0 Å². The van der Waals surface area contributed by atoms with Crippen LogP contribution >= 0.6 is 0 Å². The van der Waals surface area contributed by atoms with Gasteiger partial charge in [-0.05, 0) is 19.3 Å². The fourth-order valence-electron chi connectivity index (χ4n) is 1.55. The minimum absolute atomic E-state index is 0.486. The molecule has 3 nitrogen and oxygen atoms in total. The largest absolute Gasteiger partial charge is 0.381 e. The zero-order valence-corrected chi connectivity index (χ0v) is 6.86. The van der Waals surface area contributed by atoms with E-state index in [0.29, 0.717) is 11.7 Å². The minimum Gasteiger partial charge on any atom is -0.381 e. The molecule has 1 unspecified atom stereocenters. The van der Waals surface area contributed by atoms with Crippen LogP contribution in [0.4, 0.5) is 5.82 Å². The number of nitrogens with zero attached hydrogens (tertiary/aromatic N) is 1. The number of hydrogen-bond acceptors (Lipinski definition) is 3. The Bertz CT molecular complexity index is 290. The molecular weight excluding hydrogens is 152 g/mol. The Hall–Kier alpha value is -1.25. The van der Waals surface area contributed by atoms with Crippen molar-refractivity contribution in [1.82, 2.24) is 5.16 Å². The number of nitrogen functional groups attached to an aromatic ring is 1. The molecule has 0 saturated heterocycles. The van der Waals surface area contributed by atoms with Gasteiger partial charge < -0.3 is 10.3 Å². The van der Waals surface area contributed by atoms with Crippen molar-refractivity contribution in [2.24, 2.45) is 0 Å². The van der Waals surface area contributed by atoms with E-state index in [1.165, 1.54) is 0 Å². The Kier molecular flexibility index (Phi) is 1.86. The predicted octanol–water partition coefficient (Wildman–Crippen LogP) is 2.08. The summed E-state index contributed by atoms with van der Waals surface area (Å²) in [7, 11) is 0. The number of hydrogen-bond donors (Lipinski definition) is 1. The van der Waals surface area contributed by atoms with Crippen molar-refractivity contribution >= 4 is 5.82 Å². The number of rotatable bonds is 1. The van der Waals surface area contributed by atoms with E-state index in [2.05, 4.69) is 17.3 Å². The second-order valence-corrected chi connectivity index (χ2v) is 3.14. The first-order valence-corrected chi connectivity index (χ1v) is 4.23. The average Bonchev–Trinajstić information content (AvgIpc) is 2.54. The van der Waals surface area contributed by atoms with Crippen LogP contribution in [0.3, 0.4) is 0 Å². The predicted molar refractivity (Wildman–Crippen MR) is 46.6 cm³/mol. The van der Waals surface area contributed by atoms with Gasteiger partial charge in [0, 0.05) is 12.0 Å². The summed E-state index contributed by atoms with van der Waals surface area (Å²) in [4.78, 5) is 0. The van der Waals surface area contributed by atoms with Crippen LogP contribution in [0.5, 0.6) is 0 Å². The molecular formula is C9H12N2O. The van der Waals surface area contributed by atoms with Crippen molar-refractivity contribution in [1.29, 1.82) is 0 Å². The molecule has 64 valence electrons. The Morgan fingerprint density at radius 2 is 2.42 bits per heavy atom. The van der Waals surface area contributed by atoms with Crippen molar-refractivity contribution < 1.29 is 4.52 Å². The molecule has 0 aliphatic heterocycles. The molecule has 0 amide bonds. The van der Waals surface area contributed by atoms with Gasteiger partial charge in [0.15, 0.2) is 5.82 Å². The molecule has 1 aliphatic carbocycles. The quantitative estimate of drug-likeness (QED) is 0.646. The lowest BCUT2D eigenvalue weighted by molar-refractivity contribution is 0.353. The summed E-state index contributed by atoms with van der Waals surface area (Å²) in [6.45, 7) is 0. The lowest BCUT2D eigenvalue weighted by Crippen LogP contribution is -1.98. The van der Waals surface area contributed by atoms with E-state index < -0.39 is 0 Å². The lowest BCUT2D eigenvalue weighted by Gasteiger charge is -2.13. The number of allylic oxidation sites excluding steroid dienone is 2. The molecule has 0 radical (unpaired) electrons. The van der Waals surface area contributed by atoms with Crippen LogP contribution < -0.4 is 5.73 Å². The minimum atomic E-state index is 0.486. The fourth-order valence-corrected chi connectivity index (χ4v) is 1.55. The molecule has 1 heterocycles. The molecule has 1 aromatic rings. The van der Waals surface area contributed by atoms with E-state index in [9.17, 15) is 0 Å². The SMILES string of the molecule is Nc1cc(C2CC=CCC2)on1. The van der Waals surface area contributed by atoms with Crippen molar-refractivity contribution in [3.05, 3.63) is 24.0 Å². The van der Waals surface area contributed by atoms with E-state index >= 15 is 0 Å². The van der Waals surface area contributed by atoms with Crippen LogP contribution in [0.25, 0.3) is 0 Å². The molecule has 1 aliphatic rings. The van der Waals surface area contributed by atoms with Crippen LogP contribution in [-0.2, 0) is 0 Å². The third-order valence-electron chi connectivity index (χ3n) is 2.22. The van der Waals surface area contributed by atoms with E-state index in [0.717, 1.165) is 25.0 Å². The van der Waals surface area contributed by atoms with Crippen molar-refractivity contribution in [2.45, 2.75) is 25.2 Å². The number of aromatic nitrogens is 1. The lowest BCUT2D eigenvalue weighted by atomic mass is 9.92. The monoisotopic (exact) mass is 164 g/mol. The maximum absolute atomic E-state index is 5.46. The molecule has 1 aromatic heterocycles. The highest BCUT2D eigenvalue weighted by Gasteiger charge is 2.16. The van der Waals surface area contributed by atoms with Gasteiger partial charge in [-0.3, -0.25) is 0 Å². The Morgan fingerprint density at radius 1 is 1.50 bits per heavy atom. The molecule has 0 spiro atoms. The standard InChI is InChI=1S/C9H12N2O/c10-9-6-8(12-11-9)7-4-2-1-3-5-7/h1-2,6-7H,3-5H2,(H2,10,11). The number of anilines is 1. The first-order valence-electron chi connectivity index (χ1n) is 4.23. The third kappa shape index (κ3) is 1.35. The highest BCUT2D eigenvalue weighted by Crippen LogP contribution is 2.29. The Balaban J connectivity index is 2.14. The third-order valence-corrected chi connectivity index (χ3v) is 2.22. The topological polar surface area (TPSA) is 52.0 Å². The maximum atomic E-state index is 5.46. The first-order chi connectivity index (χ1) is 5.86. The summed E-state index contributed by atoms with van der Waals surface area (Å²) >= 11 is 0. The molecule has 0 saturated carbocycles. The van der Waals surface area contributed by atoms with Gasteiger partial charge in [-0.2, -0.15) is 0 Å². The Labute approximate surface area is 71.2 Å². The summed E-state index contributed by atoms with van der Waals surface area (Å²) in [6.07, 6.45) is 7.72. The zero-order chi connectivity index (χ0) is 8.39. The molecule has 12 heavy (non-hydrogen) atoms. The van der Waals surface area contributed by atoms with Gasteiger partial charge in [0.2, 0.25) is 0 Å². The highest BCUT2D eigenvalue weighted by atomic mass is 16.5. The van der Waals surface area contributed by atoms with Crippen LogP contribution in [0.15, 0.2) is 22.7 Å². The highest BCUT2D eigenvalue weighted by molar-refractivity contribution is 5.28. The fraction of sp³-hybridized carbons (Fsp3) is 0.444. The molecule has 2 rings (SSSR count). The first kappa shape index (κ1) is 7.40. The van der Waals surface area contributed by atoms with Gasteiger partial charge in [-0.15, -0.1) is 0 Å². The number of nitrogens with two attached hydrogens (primary N) is 1. The van der Waals surface area contributed by atoms with Crippen LogP contribution in [0, 0.1) is 0 Å².